The summed E-state index contributed by atoms with van der Waals surface area (Å²) in [6, 6.07) is 121. The van der Waals surface area contributed by atoms with E-state index in [-0.39, 0.29) is 0 Å². The van der Waals surface area contributed by atoms with Gasteiger partial charge in [-0.2, -0.15) is 0 Å². The molecule has 11 aromatic carbocycles. The summed E-state index contributed by atoms with van der Waals surface area (Å²) in [6.45, 7) is 2.29. The smallest absolute Gasteiger partial charge is 0.390 e. The summed E-state index contributed by atoms with van der Waals surface area (Å²) in [6.07, 6.45) is 8.28. The summed E-state index contributed by atoms with van der Waals surface area (Å²) in [5, 5.41) is 11.6. The van der Waals surface area contributed by atoms with Crippen LogP contribution >= 0.6 is 0 Å². The summed E-state index contributed by atoms with van der Waals surface area (Å²) < 4.78 is 36.5. The zero-order valence-corrected chi connectivity index (χ0v) is 53.0. The lowest BCUT2D eigenvalue weighted by molar-refractivity contribution is 0.329. The summed E-state index contributed by atoms with van der Waals surface area (Å²) in [4.78, 5) is 0. The second-order valence-corrected chi connectivity index (χ2v) is 38.5. The van der Waals surface area contributed by atoms with E-state index in [1.165, 1.54) is 42.5 Å². The van der Waals surface area contributed by atoms with Gasteiger partial charge in [0.05, 0.1) is 0 Å². The maximum absolute atomic E-state index is 9.21. The van der Waals surface area contributed by atoms with Gasteiger partial charge in [0, 0.05) is 0 Å². The molecule has 0 fully saturated rings. The van der Waals surface area contributed by atoms with E-state index in [4.69, 9.17) is 8.23 Å². The van der Waals surface area contributed by atoms with Gasteiger partial charge in [-0.05, 0) is 63.1 Å². The Labute approximate surface area is 504 Å². The lowest BCUT2D eigenvalue weighted by Gasteiger charge is -2.50. The van der Waals surface area contributed by atoms with Crippen molar-refractivity contribution in [3.63, 3.8) is 0 Å². The van der Waals surface area contributed by atoms with Crippen LogP contribution in [-0.4, -0.2) is 42.3 Å². The van der Waals surface area contributed by atoms with Crippen molar-refractivity contribution in [1.29, 1.82) is 0 Å². The molecule has 0 bridgehead atoms. The van der Waals surface area contributed by atoms with Gasteiger partial charge in [0.1, 0.15) is 0 Å². The van der Waals surface area contributed by atoms with E-state index >= 15 is 0 Å². The van der Waals surface area contributed by atoms with Gasteiger partial charge < -0.3 is 16.5 Å². The minimum atomic E-state index is -4.39. The van der Waals surface area contributed by atoms with Crippen molar-refractivity contribution in [3.05, 3.63) is 334 Å². The summed E-state index contributed by atoms with van der Waals surface area (Å²) >= 11 is 0. The molecule has 0 aliphatic heterocycles. The van der Waals surface area contributed by atoms with Crippen LogP contribution in [0.5, 0.6) is 0 Å². The molecule has 0 saturated heterocycles. The number of unbranched alkanes of at least 4 members (excludes halogenated alkanes) is 6. The molecule has 0 aliphatic rings. The highest BCUT2D eigenvalue weighted by Gasteiger charge is 2.64. The van der Waals surface area contributed by atoms with Crippen molar-refractivity contribution in [2.45, 2.75) is 57.9 Å². The van der Waals surface area contributed by atoms with Gasteiger partial charge in [0.25, 0.3) is 8.32 Å². The molecule has 11 rings (SSSR count). The van der Waals surface area contributed by atoms with Crippen LogP contribution in [0.3, 0.4) is 0 Å². The Morgan fingerprint density at radius 2 is 0.405 bits per heavy atom. The van der Waals surface area contributed by atoms with E-state index in [9.17, 15) is 8.23 Å². The van der Waals surface area contributed by atoms with Gasteiger partial charge in [-0.3, -0.25) is 0 Å². The predicted octanol–water partition coefficient (Wildman–Crippen LogP) is 11.0. The average molecular weight is 1180 g/mol. The second kappa shape index (κ2) is 27.8. The topological polar surface area (TPSA) is 36.9 Å². The Morgan fingerprint density at radius 3 is 0.667 bits per heavy atom. The molecule has 0 saturated carbocycles. The fourth-order valence-corrected chi connectivity index (χ4v) is 40.0. The van der Waals surface area contributed by atoms with Crippen molar-refractivity contribution in [1.82, 2.24) is 0 Å². The molecule has 0 N–H and O–H groups in total. The first-order valence-corrected chi connectivity index (χ1v) is 39.4. The molecule has 0 spiro atoms. The quantitative estimate of drug-likeness (QED) is 0.0292. The fourth-order valence-electron chi connectivity index (χ4n) is 12.1. The van der Waals surface area contributed by atoms with Crippen LogP contribution in [-0.2, 0) is 16.5 Å². The third kappa shape index (κ3) is 12.3. The van der Waals surface area contributed by atoms with Crippen LogP contribution in [0.4, 0.5) is 0 Å². The first-order chi connectivity index (χ1) is 41.5. The molecule has 84 heavy (non-hydrogen) atoms. The predicted molar refractivity (Wildman–Crippen MR) is 363 cm³/mol. The zero-order valence-electron chi connectivity index (χ0n) is 48.0. The van der Waals surface area contributed by atoms with Gasteiger partial charge >= 0.3 is 25.7 Å². The Balaban J connectivity index is 1.26. The largest absolute Gasteiger partial charge is 0.422 e. The van der Waals surface area contributed by atoms with Crippen molar-refractivity contribution in [3.8, 4) is 0 Å². The molecule has 0 aromatic heterocycles. The highest BCUT2D eigenvalue weighted by atomic mass is 28.5. The van der Waals surface area contributed by atoms with Crippen molar-refractivity contribution in [2.75, 3.05) is 0 Å². The maximum atomic E-state index is 9.21. The van der Waals surface area contributed by atoms with Crippen LogP contribution in [0.2, 0.25) is 6.04 Å². The van der Waals surface area contributed by atoms with Crippen LogP contribution < -0.4 is 57.1 Å². The Kier molecular flexibility index (Phi) is 19.3. The zero-order chi connectivity index (χ0) is 57.2. The highest BCUT2D eigenvalue weighted by molar-refractivity contribution is 7.17. The molecular formula is C75H74O4Si5. The molecular weight excluding hydrogens is 1110 g/mol. The molecule has 418 valence electrons. The van der Waals surface area contributed by atoms with Crippen LogP contribution in [0.25, 0.3) is 0 Å². The summed E-state index contributed by atoms with van der Waals surface area (Å²) in [7, 11) is -20.0. The minimum absolute atomic E-state index is 0.855. The Morgan fingerprint density at radius 1 is 0.202 bits per heavy atom. The number of benzene rings is 11. The van der Waals surface area contributed by atoms with Gasteiger partial charge in [-0.1, -0.05) is 386 Å². The van der Waals surface area contributed by atoms with Gasteiger partial charge in [-0.15, -0.1) is 0 Å². The molecule has 4 nitrogen and oxygen atoms in total. The van der Waals surface area contributed by atoms with Crippen molar-refractivity contribution < 1.29 is 16.5 Å². The van der Waals surface area contributed by atoms with Crippen LogP contribution in [0.1, 0.15) is 51.9 Å². The first kappa shape index (κ1) is 58.1. The third-order valence-corrected chi connectivity index (χ3v) is 39.4. The summed E-state index contributed by atoms with van der Waals surface area (Å²) in [5.74, 6) is 0. The van der Waals surface area contributed by atoms with Crippen molar-refractivity contribution in [2.24, 2.45) is 0 Å². The van der Waals surface area contributed by atoms with E-state index in [0.717, 1.165) is 65.6 Å². The number of hydrogen-bond donors (Lipinski definition) is 0. The standard InChI is InChI=1S/C75H74O4Si5/c1-2-3-4-5-6-7-41-64-80(65-42-19-8-20-43-65,66-44-21-9-22-45-66)76-82(70-52-29-13-30-53-70,71-54-31-14-32-55-71)78-84(74-60-37-17-38-61-74,75-62-39-18-40-63-75)79-83(72-56-33-15-34-57-72,73-58-35-16-36-59-73)77-81(67-46-23-10-24-47-67,68-48-25-11-26-49-68)69-50-27-12-28-51-69/h8-40,42-63H,2-7,41,64H2,1H3. The Hall–Kier alpha value is -7.66. The Bertz CT molecular complexity index is 3420. The highest BCUT2D eigenvalue weighted by Crippen LogP contribution is 2.31. The molecule has 0 aliphatic carbocycles. The maximum Gasteiger partial charge on any atom is 0.390 e. The number of hydrogen-bond acceptors (Lipinski definition) is 4. The molecule has 0 atom stereocenters. The van der Waals surface area contributed by atoms with Crippen molar-refractivity contribution >= 4 is 99.4 Å². The van der Waals surface area contributed by atoms with E-state index in [2.05, 4.69) is 341 Å². The van der Waals surface area contributed by atoms with E-state index in [1.54, 1.807) is 0 Å². The minimum Gasteiger partial charge on any atom is -0.422 e. The SMILES string of the molecule is CCCCCCCCC[Si](O[Si](O[Si](O[Si](O[Si](c1ccccc1)(c1ccccc1)c1ccccc1)(c1ccccc1)c1ccccc1)(c1ccccc1)c1ccccc1)(c1ccccc1)c1ccccc1)(c1ccccc1)c1ccccc1. The van der Waals surface area contributed by atoms with E-state index in [0.29, 0.717) is 0 Å². The summed E-state index contributed by atoms with van der Waals surface area (Å²) in [5.41, 5.74) is 0. The van der Waals surface area contributed by atoms with E-state index < -0.39 is 42.3 Å². The third-order valence-electron chi connectivity index (χ3n) is 16.3. The van der Waals surface area contributed by atoms with Gasteiger partial charge in [0.15, 0.2) is 0 Å². The number of rotatable bonds is 27. The van der Waals surface area contributed by atoms with E-state index in [1.807, 2.05) is 0 Å². The van der Waals surface area contributed by atoms with Gasteiger partial charge in [-0.25, -0.2) is 0 Å². The van der Waals surface area contributed by atoms with Gasteiger partial charge in [0.2, 0.25) is 8.32 Å². The fraction of sp³-hybridized carbons (Fsp3) is 0.120. The van der Waals surface area contributed by atoms with Crippen LogP contribution in [0.15, 0.2) is 334 Å². The lowest BCUT2D eigenvalue weighted by Crippen LogP contribution is -2.85. The molecule has 11 aromatic rings. The molecule has 0 amide bonds. The first-order valence-electron chi connectivity index (χ1n) is 30.0. The average Bonchev–Trinajstić information content (AvgIpc) is 1.45. The second-order valence-electron chi connectivity index (χ2n) is 21.7. The van der Waals surface area contributed by atoms with Crippen LogP contribution in [0, 0.1) is 0 Å². The molecule has 0 heterocycles. The molecule has 9 heteroatoms. The molecule has 0 radical (unpaired) electrons. The monoisotopic (exact) mass is 1180 g/mol. The molecule has 0 unspecified atom stereocenters. The normalized spacial score (nSPS) is 12.2. The lowest BCUT2D eigenvalue weighted by atomic mass is 10.1.